The normalized spacial score (nSPS) is 18.1. The molecule has 2 heterocycles. The van der Waals surface area contributed by atoms with E-state index in [1.54, 1.807) is 7.11 Å². The van der Waals surface area contributed by atoms with Crippen LogP contribution in [0.4, 0.5) is 5.69 Å². The molecule has 0 fully saturated rings. The Bertz CT molecular complexity index is 991. The number of thioether (sulfide) groups is 1. The van der Waals surface area contributed by atoms with Gasteiger partial charge in [-0.15, -0.1) is 10.2 Å². The van der Waals surface area contributed by atoms with Gasteiger partial charge in [0.2, 0.25) is 11.1 Å². The maximum absolute atomic E-state index is 13.1. The molecule has 0 saturated heterocycles. The molecule has 9 heteroatoms. The highest BCUT2D eigenvalue weighted by molar-refractivity contribution is 9.10. The van der Waals surface area contributed by atoms with Gasteiger partial charge in [0, 0.05) is 10.2 Å². The number of methoxy groups -OCH3 is 1. The number of ether oxygens (including phenoxy) is 1. The third-order valence-electron chi connectivity index (χ3n) is 4.44. The number of fused-ring (bicyclic) bond motifs is 1. The first-order valence-electron chi connectivity index (χ1n) is 8.61. The van der Waals surface area contributed by atoms with Crippen LogP contribution in [-0.2, 0) is 4.79 Å². The molecule has 0 spiro atoms. The molecule has 2 aromatic carbocycles. The van der Waals surface area contributed by atoms with Crippen molar-refractivity contribution in [3.8, 4) is 5.75 Å². The minimum atomic E-state index is -0.423. The van der Waals surface area contributed by atoms with Crippen LogP contribution in [0.15, 0.2) is 58.2 Å². The minimum Gasteiger partial charge on any atom is -0.497 e. The van der Waals surface area contributed by atoms with Gasteiger partial charge in [0.1, 0.15) is 16.8 Å². The number of nitrogens with zero attached hydrogens (tertiary/aromatic N) is 3. The van der Waals surface area contributed by atoms with Crippen molar-refractivity contribution in [3.63, 3.8) is 0 Å². The van der Waals surface area contributed by atoms with Crippen LogP contribution in [0.25, 0.3) is 0 Å². The van der Waals surface area contributed by atoms with Gasteiger partial charge in [-0.25, -0.2) is 4.68 Å². The highest BCUT2D eigenvalue weighted by Gasteiger charge is 2.37. The number of hydrogen-bond donors (Lipinski definition) is 2. The monoisotopic (exact) mass is 459 g/mol. The van der Waals surface area contributed by atoms with Crippen LogP contribution >= 0.6 is 27.7 Å². The first kappa shape index (κ1) is 18.8. The quantitative estimate of drug-likeness (QED) is 0.618. The first-order valence-corrected chi connectivity index (χ1v) is 10.3. The van der Waals surface area contributed by atoms with Crippen molar-refractivity contribution in [2.75, 3.05) is 17.9 Å². The fraction of sp³-hybridized carbons (Fsp3) is 0.211. The number of benzene rings is 2. The molecule has 0 saturated carbocycles. The van der Waals surface area contributed by atoms with E-state index in [0.717, 1.165) is 27.3 Å². The van der Waals surface area contributed by atoms with E-state index in [0.29, 0.717) is 5.16 Å². The maximum atomic E-state index is 13.1. The molecule has 1 aliphatic rings. The Morgan fingerprint density at radius 2 is 1.89 bits per heavy atom. The van der Waals surface area contributed by atoms with Crippen LogP contribution in [0, 0.1) is 6.92 Å². The summed E-state index contributed by atoms with van der Waals surface area (Å²) in [6, 6.07) is 14.9. The molecule has 0 radical (unpaired) electrons. The number of halogens is 1. The van der Waals surface area contributed by atoms with Gasteiger partial charge in [0.05, 0.1) is 13.2 Å². The molecule has 28 heavy (non-hydrogen) atoms. The number of nitrogens with one attached hydrogen (secondary N) is 2. The summed E-state index contributed by atoms with van der Waals surface area (Å²) >= 11 is 4.80. The van der Waals surface area contributed by atoms with Gasteiger partial charge in [0.15, 0.2) is 0 Å². The number of hydrogen-bond acceptors (Lipinski definition) is 6. The number of carbonyl (C=O) groups excluding carboxylic acids is 1. The van der Waals surface area contributed by atoms with E-state index in [2.05, 4.69) is 36.9 Å². The summed E-state index contributed by atoms with van der Waals surface area (Å²) < 4.78 is 8.03. The standard InChI is InChI=1S/C19H18BrN5O2S/c1-11-22-23-19-25(11)24-16(12-3-9-15(27-2)10-4-12)17(28-19)18(26)21-14-7-5-13(20)6-8-14/h3-10,16-17,24H,1-2H3,(H,21,26)/t16-,17-/m1/s1. The van der Waals surface area contributed by atoms with Gasteiger partial charge in [-0.1, -0.05) is 39.8 Å². The lowest BCUT2D eigenvalue weighted by Crippen LogP contribution is -2.41. The van der Waals surface area contributed by atoms with Crippen LogP contribution in [-0.4, -0.2) is 33.1 Å². The lowest BCUT2D eigenvalue weighted by Gasteiger charge is -2.32. The summed E-state index contributed by atoms with van der Waals surface area (Å²) in [6.07, 6.45) is 0. The average Bonchev–Trinajstić information content (AvgIpc) is 3.09. The predicted octanol–water partition coefficient (Wildman–Crippen LogP) is 3.76. The molecular formula is C19H18BrN5O2S. The zero-order valence-corrected chi connectivity index (χ0v) is 17.6. The third-order valence-corrected chi connectivity index (χ3v) is 6.19. The topological polar surface area (TPSA) is 81.1 Å². The second-order valence-corrected chi connectivity index (χ2v) is 8.30. The Balaban J connectivity index is 1.64. The Labute approximate surface area is 175 Å². The Hall–Kier alpha value is -2.52. The van der Waals surface area contributed by atoms with E-state index >= 15 is 0 Å². The summed E-state index contributed by atoms with van der Waals surface area (Å²) in [5, 5.41) is 11.5. The molecule has 1 aliphatic heterocycles. The molecule has 0 unspecified atom stereocenters. The van der Waals surface area contributed by atoms with E-state index in [-0.39, 0.29) is 11.9 Å². The van der Waals surface area contributed by atoms with Crippen LogP contribution in [0.2, 0.25) is 0 Å². The van der Waals surface area contributed by atoms with Gasteiger partial charge in [-0.2, -0.15) is 0 Å². The van der Waals surface area contributed by atoms with E-state index in [1.807, 2.05) is 60.1 Å². The van der Waals surface area contributed by atoms with E-state index in [1.165, 1.54) is 11.8 Å². The number of aromatic nitrogens is 3. The number of aryl methyl sites for hydroxylation is 1. The number of anilines is 1. The Morgan fingerprint density at radius 3 is 2.57 bits per heavy atom. The van der Waals surface area contributed by atoms with Crippen molar-refractivity contribution >= 4 is 39.3 Å². The van der Waals surface area contributed by atoms with Crippen LogP contribution < -0.4 is 15.5 Å². The average molecular weight is 460 g/mol. The van der Waals surface area contributed by atoms with Gasteiger partial charge in [0.25, 0.3) is 0 Å². The first-order chi connectivity index (χ1) is 13.5. The molecule has 1 aromatic heterocycles. The summed E-state index contributed by atoms with van der Waals surface area (Å²) in [7, 11) is 1.63. The fourth-order valence-electron chi connectivity index (χ4n) is 2.97. The van der Waals surface area contributed by atoms with Crippen molar-refractivity contribution in [2.45, 2.75) is 23.4 Å². The minimum absolute atomic E-state index is 0.104. The van der Waals surface area contributed by atoms with Gasteiger partial charge in [-0.05, 0) is 48.9 Å². The fourth-order valence-corrected chi connectivity index (χ4v) is 4.36. The maximum Gasteiger partial charge on any atom is 0.240 e. The van der Waals surface area contributed by atoms with Crippen molar-refractivity contribution in [2.24, 2.45) is 0 Å². The van der Waals surface area contributed by atoms with Crippen molar-refractivity contribution in [1.82, 2.24) is 14.9 Å². The van der Waals surface area contributed by atoms with Crippen LogP contribution in [0.1, 0.15) is 17.4 Å². The highest BCUT2D eigenvalue weighted by Crippen LogP contribution is 2.37. The molecule has 7 nitrogen and oxygen atoms in total. The molecular weight excluding hydrogens is 442 g/mol. The van der Waals surface area contributed by atoms with Crippen molar-refractivity contribution in [1.29, 1.82) is 0 Å². The number of rotatable bonds is 4. The highest BCUT2D eigenvalue weighted by atomic mass is 79.9. The third kappa shape index (κ3) is 3.72. The molecule has 2 N–H and O–H groups in total. The van der Waals surface area contributed by atoms with E-state index in [4.69, 9.17) is 4.74 Å². The Kier molecular flexibility index (Phi) is 5.27. The van der Waals surface area contributed by atoms with Gasteiger partial charge >= 0.3 is 0 Å². The molecule has 2 atom stereocenters. The van der Waals surface area contributed by atoms with E-state index < -0.39 is 5.25 Å². The zero-order chi connectivity index (χ0) is 19.7. The number of amides is 1. The van der Waals surface area contributed by atoms with E-state index in [9.17, 15) is 4.79 Å². The molecule has 4 rings (SSSR count). The zero-order valence-electron chi connectivity index (χ0n) is 15.2. The van der Waals surface area contributed by atoms with Gasteiger partial charge < -0.3 is 15.5 Å². The van der Waals surface area contributed by atoms with Crippen molar-refractivity contribution in [3.05, 3.63) is 64.4 Å². The number of carbonyl (C=O) groups is 1. The summed E-state index contributed by atoms with van der Waals surface area (Å²) in [6.45, 7) is 1.87. The molecule has 144 valence electrons. The molecule has 3 aromatic rings. The van der Waals surface area contributed by atoms with Crippen LogP contribution in [0.3, 0.4) is 0 Å². The Morgan fingerprint density at radius 1 is 1.18 bits per heavy atom. The summed E-state index contributed by atoms with van der Waals surface area (Å²) in [5.41, 5.74) is 5.10. The largest absolute Gasteiger partial charge is 0.497 e. The second kappa shape index (κ2) is 7.84. The second-order valence-electron chi connectivity index (χ2n) is 6.28. The predicted molar refractivity (Wildman–Crippen MR) is 112 cm³/mol. The van der Waals surface area contributed by atoms with Gasteiger partial charge in [-0.3, -0.25) is 4.79 Å². The lowest BCUT2D eigenvalue weighted by molar-refractivity contribution is -0.116. The SMILES string of the molecule is COc1ccc([C@H]2Nn3c(C)nnc3S[C@H]2C(=O)Nc2ccc(Br)cc2)cc1. The molecule has 1 amide bonds. The summed E-state index contributed by atoms with van der Waals surface area (Å²) in [5.74, 6) is 1.41. The lowest BCUT2D eigenvalue weighted by atomic mass is 10.0. The molecule has 0 bridgehead atoms. The smallest absolute Gasteiger partial charge is 0.240 e. The van der Waals surface area contributed by atoms with Crippen molar-refractivity contribution < 1.29 is 9.53 Å². The summed E-state index contributed by atoms with van der Waals surface area (Å²) in [4.78, 5) is 13.1. The van der Waals surface area contributed by atoms with Crippen LogP contribution in [0.5, 0.6) is 5.75 Å². The molecule has 0 aliphatic carbocycles.